The van der Waals surface area contributed by atoms with Crippen LogP contribution < -0.4 is 5.32 Å². The Morgan fingerprint density at radius 1 is 1.35 bits per heavy atom. The maximum atomic E-state index is 13.5. The van der Waals surface area contributed by atoms with Crippen LogP contribution >= 0.6 is 0 Å². The lowest BCUT2D eigenvalue weighted by Crippen LogP contribution is -2.09. The topological polar surface area (TPSA) is 39.1 Å². The summed E-state index contributed by atoms with van der Waals surface area (Å²) in [5.74, 6) is 0.555. The zero-order valence-corrected chi connectivity index (χ0v) is 11.7. The van der Waals surface area contributed by atoms with Gasteiger partial charge in [-0.1, -0.05) is 18.2 Å². The van der Waals surface area contributed by atoms with E-state index in [1.165, 1.54) is 6.07 Å². The molecule has 0 aliphatic rings. The quantitative estimate of drug-likeness (QED) is 0.754. The normalized spacial score (nSPS) is 10.7. The first-order chi connectivity index (χ1) is 9.81. The van der Waals surface area contributed by atoms with Crippen LogP contribution in [0.15, 0.2) is 36.7 Å². The van der Waals surface area contributed by atoms with Crippen LogP contribution in [0, 0.1) is 5.82 Å². The van der Waals surface area contributed by atoms with Gasteiger partial charge in [0.25, 0.3) is 0 Å². The first-order valence-corrected chi connectivity index (χ1v) is 6.87. The summed E-state index contributed by atoms with van der Waals surface area (Å²) in [6.07, 6.45) is 4.58. The molecule has 0 radical (unpaired) electrons. The molecule has 1 aromatic heterocycles. The van der Waals surface area contributed by atoms with Gasteiger partial charge in [-0.2, -0.15) is 0 Å². The van der Waals surface area contributed by atoms with Crippen LogP contribution in [0.2, 0.25) is 0 Å². The molecule has 20 heavy (non-hydrogen) atoms. The Hall–Kier alpha value is -1.88. The average molecular weight is 277 g/mol. The van der Waals surface area contributed by atoms with Gasteiger partial charge in [0.2, 0.25) is 5.95 Å². The van der Waals surface area contributed by atoms with Gasteiger partial charge in [0, 0.05) is 44.3 Å². The average Bonchev–Trinajstić information content (AvgIpc) is 2.90. The second kappa shape index (κ2) is 7.65. The molecule has 0 aliphatic heterocycles. The highest BCUT2D eigenvalue weighted by Gasteiger charge is 2.04. The molecule has 4 nitrogen and oxygen atoms in total. The van der Waals surface area contributed by atoms with E-state index in [2.05, 4.69) is 10.3 Å². The molecule has 2 aromatic rings. The van der Waals surface area contributed by atoms with Gasteiger partial charge >= 0.3 is 0 Å². The van der Waals surface area contributed by atoms with Gasteiger partial charge in [0.1, 0.15) is 5.82 Å². The fraction of sp³-hybridized carbons (Fsp3) is 0.400. The largest absolute Gasteiger partial charge is 0.382 e. The molecule has 1 N–H and O–H groups in total. The number of ether oxygens (including phenoxy) is 1. The molecule has 0 fully saturated rings. The Morgan fingerprint density at radius 3 is 3.00 bits per heavy atom. The van der Waals surface area contributed by atoms with E-state index >= 15 is 0 Å². The van der Waals surface area contributed by atoms with Crippen LogP contribution in [0.3, 0.4) is 0 Å². The monoisotopic (exact) mass is 277 g/mol. The van der Waals surface area contributed by atoms with Crippen LogP contribution in [0.4, 0.5) is 10.3 Å². The minimum atomic E-state index is -0.200. The minimum Gasteiger partial charge on any atom is -0.382 e. The zero-order valence-electron chi connectivity index (χ0n) is 11.7. The number of anilines is 1. The Balaban J connectivity index is 1.87. The molecular weight excluding hydrogens is 257 g/mol. The molecule has 2 rings (SSSR count). The highest BCUT2D eigenvalue weighted by Crippen LogP contribution is 2.11. The Bertz CT molecular complexity index is 527. The van der Waals surface area contributed by atoms with Crippen molar-refractivity contribution in [1.82, 2.24) is 9.55 Å². The van der Waals surface area contributed by atoms with E-state index in [4.69, 9.17) is 4.74 Å². The molecular formula is C15H20FN3O. The zero-order chi connectivity index (χ0) is 14.2. The molecule has 0 aliphatic carbocycles. The molecule has 0 amide bonds. The fourth-order valence-corrected chi connectivity index (χ4v) is 1.95. The first kappa shape index (κ1) is 14.5. The number of rotatable bonds is 8. The molecule has 0 saturated heterocycles. The molecule has 0 saturated carbocycles. The summed E-state index contributed by atoms with van der Waals surface area (Å²) < 4.78 is 20.8. The van der Waals surface area contributed by atoms with Crippen molar-refractivity contribution in [3.8, 4) is 0 Å². The van der Waals surface area contributed by atoms with E-state index < -0.39 is 0 Å². The van der Waals surface area contributed by atoms with Crippen LogP contribution in [-0.2, 0) is 17.8 Å². The Kier molecular flexibility index (Phi) is 5.55. The maximum absolute atomic E-state index is 13.5. The Morgan fingerprint density at radius 2 is 2.20 bits per heavy atom. The van der Waals surface area contributed by atoms with Crippen LogP contribution in [0.1, 0.15) is 18.9 Å². The van der Waals surface area contributed by atoms with Crippen molar-refractivity contribution in [2.75, 3.05) is 18.5 Å². The van der Waals surface area contributed by atoms with E-state index in [9.17, 15) is 4.39 Å². The number of imidazole rings is 1. The van der Waals surface area contributed by atoms with Gasteiger partial charge in [0.05, 0.1) is 0 Å². The highest BCUT2D eigenvalue weighted by molar-refractivity contribution is 5.29. The molecule has 1 heterocycles. The summed E-state index contributed by atoms with van der Waals surface area (Å²) in [6.45, 7) is 4.72. The van der Waals surface area contributed by atoms with E-state index in [0.29, 0.717) is 12.1 Å². The first-order valence-electron chi connectivity index (χ1n) is 6.87. The van der Waals surface area contributed by atoms with Gasteiger partial charge in [-0.3, -0.25) is 0 Å². The van der Waals surface area contributed by atoms with Crippen molar-refractivity contribution in [3.05, 3.63) is 48.0 Å². The molecule has 0 atom stereocenters. The predicted octanol–water partition coefficient (Wildman–Crippen LogP) is 3.06. The number of hydrogen-bond acceptors (Lipinski definition) is 3. The lowest BCUT2D eigenvalue weighted by Gasteiger charge is -2.10. The lowest BCUT2D eigenvalue weighted by atomic mass is 10.2. The third-order valence-corrected chi connectivity index (χ3v) is 3.00. The molecule has 108 valence electrons. The van der Waals surface area contributed by atoms with Crippen molar-refractivity contribution >= 4 is 5.95 Å². The van der Waals surface area contributed by atoms with Crippen molar-refractivity contribution in [3.63, 3.8) is 0 Å². The molecule has 0 bridgehead atoms. The van der Waals surface area contributed by atoms with E-state index in [1.807, 2.05) is 23.8 Å². The van der Waals surface area contributed by atoms with E-state index in [1.54, 1.807) is 18.3 Å². The smallest absolute Gasteiger partial charge is 0.203 e. The second-order valence-corrected chi connectivity index (χ2v) is 4.44. The van der Waals surface area contributed by atoms with Gasteiger partial charge in [-0.25, -0.2) is 9.37 Å². The van der Waals surface area contributed by atoms with Crippen molar-refractivity contribution in [2.24, 2.45) is 0 Å². The molecule has 0 unspecified atom stereocenters. The maximum Gasteiger partial charge on any atom is 0.203 e. The van der Waals surface area contributed by atoms with Gasteiger partial charge in [-0.05, 0) is 19.4 Å². The van der Waals surface area contributed by atoms with Crippen LogP contribution in [0.5, 0.6) is 0 Å². The summed E-state index contributed by atoms with van der Waals surface area (Å²) in [5.41, 5.74) is 0.636. The minimum absolute atomic E-state index is 0.200. The molecule has 0 spiro atoms. The number of aryl methyl sites for hydroxylation is 1. The molecule has 5 heteroatoms. The number of nitrogens with one attached hydrogen (secondary N) is 1. The van der Waals surface area contributed by atoms with Crippen LogP contribution in [0.25, 0.3) is 0 Å². The third-order valence-electron chi connectivity index (χ3n) is 3.00. The number of benzene rings is 1. The number of halogens is 1. The van der Waals surface area contributed by atoms with E-state index in [-0.39, 0.29) is 5.82 Å². The van der Waals surface area contributed by atoms with Crippen LogP contribution in [-0.4, -0.2) is 22.8 Å². The number of hydrogen-bond donors (Lipinski definition) is 1. The SMILES string of the molecule is CCOCCCn1ccnc1NCc1ccccc1F. The van der Waals surface area contributed by atoms with Crippen molar-refractivity contribution in [2.45, 2.75) is 26.4 Å². The summed E-state index contributed by atoms with van der Waals surface area (Å²) >= 11 is 0. The number of nitrogens with zero attached hydrogens (tertiary/aromatic N) is 2. The van der Waals surface area contributed by atoms with E-state index in [0.717, 1.165) is 32.1 Å². The van der Waals surface area contributed by atoms with Gasteiger partial charge < -0.3 is 14.6 Å². The third kappa shape index (κ3) is 4.06. The summed E-state index contributed by atoms with van der Waals surface area (Å²) in [6, 6.07) is 6.75. The fourth-order valence-electron chi connectivity index (χ4n) is 1.95. The number of aromatic nitrogens is 2. The summed E-state index contributed by atoms with van der Waals surface area (Å²) in [4.78, 5) is 4.25. The lowest BCUT2D eigenvalue weighted by molar-refractivity contribution is 0.142. The predicted molar refractivity (Wildman–Crippen MR) is 77.1 cm³/mol. The van der Waals surface area contributed by atoms with Crippen molar-refractivity contribution < 1.29 is 9.13 Å². The summed E-state index contributed by atoms with van der Waals surface area (Å²) in [7, 11) is 0. The Labute approximate surface area is 118 Å². The van der Waals surface area contributed by atoms with Gasteiger partial charge in [-0.15, -0.1) is 0 Å². The second-order valence-electron chi connectivity index (χ2n) is 4.44. The highest BCUT2D eigenvalue weighted by atomic mass is 19.1. The summed E-state index contributed by atoms with van der Waals surface area (Å²) in [5, 5.41) is 3.16. The molecule has 1 aromatic carbocycles. The van der Waals surface area contributed by atoms with Gasteiger partial charge in [0.15, 0.2) is 0 Å². The standard InChI is InChI=1S/C15H20FN3O/c1-2-20-11-5-9-19-10-8-17-15(19)18-12-13-6-3-4-7-14(13)16/h3-4,6-8,10H,2,5,9,11-12H2,1H3,(H,17,18). The van der Waals surface area contributed by atoms with Crippen molar-refractivity contribution in [1.29, 1.82) is 0 Å².